The first-order valence-corrected chi connectivity index (χ1v) is 18.7. The maximum Gasteiger partial charge on any atom is 0.249 e. The molecular formula is C40H61N3O6. The summed E-state index contributed by atoms with van der Waals surface area (Å²) in [5.74, 6) is -1.71. The Bertz CT molecular complexity index is 1340. The van der Waals surface area contributed by atoms with Crippen molar-refractivity contribution in [1.29, 1.82) is 0 Å². The van der Waals surface area contributed by atoms with Crippen molar-refractivity contribution < 1.29 is 29.1 Å². The van der Waals surface area contributed by atoms with Crippen LogP contribution in [0.15, 0.2) is 30.3 Å². The van der Waals surface area contributed by atoms with E-state index in [1.807, 2.05) is 17.9 Å². The van der Waals surface area contributed by atoms with Crippen LogP contribution in [-0.2, 0) is 24.0 Å². The minimum Gasteiger partial charge on any atom is -0.385 e. The second-order valence-corrected chi connectivity index (χ2v) is 16.6. The normalized spacial score (nSPS) is 28.7. The van der Waals surface area contributed by atoms with Crippen LogP contribution in [-0.4, -0.2) is 77.0 Å². The largest absolute Gasteiger partial charge is 0.385 e. The van der Waals surface area contributed by atoms with Gasteiger partial charge in [0.15, 0.2) is 11.6 Å². The topological polar surface area (TPSA) is 124 Å². The van der Waals surface area contributed by atoms with Gasteiger partial charge in [-0.3, -0.25) is 24.0 Å². The Morgan fingerprint density at radius 2 is 1.55 bits per heavy atom. The van der Waals surface area contributed by atoms with Crippen molar-refractivity contribution in [2.75, 3.05) is 20.6 Å². The fourth-order valence-corrected chi connectivity index (χ4v) is 8.38. The van der Waals surface area contributed by atoms with Gasteiger partial charge in [0, 0.05) is 45.8 Å². The number of benzene rings is 1. The Kier molecular flexibility index (Phi) is 12.9. The molecule has 1 aromatic carbocycles. The number of nitrogens with one attached hydrogen (secondary N) is 1. The Hall–Kier alpha value is -3.07. The van der Waals surface area contributed by atoms with E-state index in [2.05, 4.69) is 33.0 Å². The number of hydrogen-bond acceptors (Lipinski definition) is 6. The van der Waals surface area contributed by atoms with E-state index in [0.717, 1.165) is 51.4 Å². The monoisotopic (exact) mass is 679 g/mol. The molecule has 4 rings (SSSR count). The van der Waals surface area contributed by atoms with Crippen LogP contribution in [0.3, 0.4) is 0 Å². The van der Waals surface area contributed by atoms with Gasteiger partial charge in [0.1, 0.15) is 12.1 Å². The Labute approximate surface area is 293 Å². The summed E-state index contributed by atoms with van der Waals surface area (Å²) in [5.41, 5.74) is 0.427. The third kappa shape index (κ3) is 9.19. The number of likely N-dealkylation sites (N-methyl/N-ethyl adjacent to an activating group) is 1. The van der Waals surface area contributed by atoms with E-state index in [0.29, 0.717) is 18.5 Å². The number of hydrogen-bond donors (Lipinski definition) is 2. The zero-order chi connectivity index (χ0) is 36.1. The first kappa shape index (κ1) is 38.7. The van der Waals surface area contributed by atoms with Gasteiger partial charge in [-0.25, -0.2) is 0 Å². The Morgan fingerprint density at radius 3 is 2.18 bits per heavy atom. The molecule has 0 spiro atoms. The van der Waals surface area contributed by atoms with Crippen molar-refractivity contribution in [2.24, 2.45) is 34.5 Å². The van der Waals surface area contributed by atoms with Crippen molar-refractivity contribution >= 4 is 29.3 Å². The number of Topliss-reactive ketones (excluding diaryl/α,β-unsaturated/α-hetero) is 2. The van der Waals surface area contributed by atoms with Gasteiger partial charge in [0.2, 0.25) is 17.7 Å². The van der Waals surface area contributed by atoms with Gasteiger partial charge in [-0.15, -0.1) is 0 Å². The summed E-state index contributed by atoms with van der Waals surface area (Å²) in [6.45, 7) is 11.3. The number of aliphatic hydroxyl groups excluding tert-OH is 1. The Balaban J connectivity index is 1.47. The average molecular weight is 680 g/mol. The van der Waals surface area contributed by atoms with Crippen LogP contribution in [0.4, 0.5) is 0 Å². The third-order valence-corrected chi connectivity index (χ3v) is 12.2. The number of fused-ring (bicyclic) bond motifs is 3. The summed E-state index contributed by atoms with van der Waals surface area (Å²) in [6, 6.07) is 7.52. The van der Waals surface area contributed by atoms with Crippen molar-refractivity contribution in [3.8, 4) is 0 Å². The van der Waals surface area contributed by atoms with E-state index in [1.54, 1.807) is 38.4 Å². The molecule has 3 amide bonds. The fraction of sp³-hybridized carbons (Fsp3) is 0.725. The highest BCUT2D eigenvalue weighted by Crippen LogP contribution is 2.65. The molecular weight excluding hydrogens is 618 g/mol. The van der Waals surface area contributed by atoms with E-state index in [4.69, 9.17) is 0 Å². The molecule has 272 valence electrons. The van der Waals surface area contributed by atoms with E-state index in [1.165, 1.54) is 4.90 Å². The zero-order valence-corrected chi connectivity index (χ0v) is 31.0. The van der Waals surface area contributed by atoms with Gasteiger partial charge < -0.3 is 20.2 Å². The summed E-state index contributed by atoms with van der Waals surface area (Å²) in [4.78, 5) is 70.9. The highest BCUT2D eigenvalue weighted by Gasteiger charge is 2.69. The molecule has 1 aliphatic carbocycles. The smallest absolute Gasteiger partial charge is 0.249 e. The van der Waals surface area contributed by atoms with Crippen molar-refractivity contribution in [3.05, 3.63) is 35.9 Å². The Morgan fingerprint density at radius 1 is 0.939 bits per heavy atom. The van der Waals surface area contributed by atoms with Crippen LogP contribution >= 0.6 is 0 Å². The number of nitrogens with zero attached hydrogens (tertiary/aromatic N) is 2. The molecule has 2 saturated heterocycles. The first-order chi connectivity index (χ1) is 23.1. The van der Waals surface area contributed by atoms with E-state index in [9.17, 15) is 29.1 Å². The molecule has 2 N–H and O–H groups in total. The maximum absolute atomic E-state index is 14.2. The van der Waals surface area contributed by atoms with Crippen LogP contribution in [0.2, 0.25) is 0 Å². The number of ketones is 2. The van der Waals surface area contributed by atoms with Crippen molar-refractivity contribution in [3.63, 3.8) is 0 Å². The number of rotatable bonds is 8. The fourth-order valence-electron chi connectivity index (χ4n) is 8.38. The first-order valence-electron chi connectivity index (χ1n) is 18.7. The molecule has 2 heterocycles. The van der Waals surface area contributed by atoms with Gasteiger partial charge in [-0.05, 0) is 47.0 Å². The second kappa shape index (κ2) is 16.3. The number of aliphatic hydroxyl groups is 1. The lowest BCUT2D eigenvalue weighted by molar-refractivity contribution is -0.146. The van der Waals surface area contributed by atoms with E-state index >= 15 is 0 Å². The van der Waals surface area contributed by atoms with Crippen molar-refractivity contribution in [2.45, 2.75) is 130 Å². The molecule has 49 heavy (non-hydrogen) atoms. The molecule has 2 unspecified atom stereocenters. The van der Waals surface area contributed by atoms with E-state index < -0.39 is 35.8 Å². The number of piperidine rings is 1. The lowest BCUT2D eigenvalue weighted by atomic mass is 9.75. The SMILES string of the molecule is C[C@@H]1C(=O)N2CC3[C@@H]([C@H]2C(=O)C[C@H](C(O)C(=O)CCC(=O)N[C@H](C(=O)N(C)C)c2ccccc2)CCCCCCCCCC1(C)C)C3(C)C. The molecule has 3 fully saturated rings. The average Bonchev–Trinajstić information content (AvgIpc) is 3.37. The highest BCUT2D eigenvalue weighted by atomic mass is 16.3. The molecule has 3 aliphatic rings. The minimum atomic E-state index is -1.39. The van der Waals surface area contributed by atoms with Crippen LogP contribution in [0.25, 0.3) is 0 Å². The predicted molar refractivity (Wildman–Crippen MR) is 190 cm³/mol. The van der Waals surface area contributed by atoms with Crippen LogP contribution in [0.1, 0.15) is 123 Å². The number of carbonyl (C=O) groups is 5. The number of carbonyl (C=O) groups excluding carboxylic acids is 5. The molecule has 9 heteroatoms. The molecule has 9 nitrogen and oxygen atoms in total. The molecule has 0 bridgehead atoms. The van der Waals surface area contributed by atoms with Crippen LogP contribution < -0.4 is 5.32 Å². The number of amides is 3. The zero-order valence-electron chi connectivity index (χ0n) is 31.0. The van der Waals surface area contributed by atoms with Gasteiger partial charge in [-0.2, -0.15) is 0 Å². The highest BCUT2D eigenvalue weighted by molar-refractivity contribution is 5.94. The standard InChI is InChI=1S/C40H61N3O6/c1-26-37(48)43-25-29-33(40(29,4)5)35(43)31(45)24-28(20-14-11-9-8-10-12-17-23-39(26,2)3)36(47)30(44)21-22-32(46)41-34(38(49)42(6)7)27-18-15-13-16-19-27/h13,15-16,18-19,26,28-29,33-36,47H,8-12,14,17,20-25H2,1-7H3,(H,41,46)/t26-,28-,29?,33+,34+,35-,36?/m1/s1. The quantitative estimate of drug-likeness (QED) is 0.354. The van der Waals surface area contributed by atoms with Gasteiger partial charge in [0.25, 0.3) is 0 Å². The molecule has 7 atom stereocenters. The predicted octanol–water partition coefficient (Wildman–Crippen LogP) is 5.89. The maximum atomic E-state index is 14.2. The molecule has 1 saturated carbocycles. The van der Waals surface area contributed by atoms with E-state index in [-0.39, 0.29) is 65.4 Å². The second-order valence-electron chi connectivity index (χ2n) is 16.6. The lowest BCUT2D eigenvalue weighted by Crippen LogP contribution is -2.50. The molecule has 2 aliphatic heterocycles. The summed E-state index contributed by atoms with van der Waals surface area (Å²) in [7, 11) is 3.24. The summed E-state index contributed by atoms with van der Waals surface area (Å²) in [6.07, 6.45) is 7.03. The van der Waals surface area contributed by atoms with Crippen LogP contribution in [0.5, 0.6) is 0 Å². The lowest BCUT2D eigenvalue weighted by Gasteiger charge is -2.38. The molecule has 1 aromatic rings. The van der Waals surface area contributed by atoms with Gasteiger partial charge >= 0.3 is 0 Å². The minimum absolute atomic E-state index is 0.0258. The van der Waals surface area contributed by atoms with Gasteiger partial charge in [0.05, 0.1) is 6.04 Å². The summed E-state index contributed by atoms with van der Waals surface area (Å²) >= 11 is 0. The molecule has 0 aromatic heterocycles. The summed E-state index contributed by atoms with van der Waals surface area (Å²) in [5, 5.41) is 14.2. The van der Waals surface area contributed by atoms with Crippen molar-refractivity contribution in [1.82, 2.24) is 15.1 Å². The molecule has 0 radical (unpaired) electrons. The summed E-state index contributed by atoms with van der Waals surface area (Å²) < 4.78 is 0. The van der Waals surface area contributed by atoms with Gasteiger partial charge in [-0.1, -0.05) is 110 Å². The van der Waals surface area contributed by atoms with Crippen LogP contribution in [0, 0.1) is 34.5 Å². The third-order valence-electron chi connectivity index (χ3n) is 12.2.